The molecular formula is C38H29BCl2N2O7. The van der Waals surface area contributed by atoms with Crippen molar-refractivity contribution in [1.29, 1.82) is 0 Å². The molecule has 3 fully saturated rings. The van der Waals surface area contributed by atoms with E-state index in [4.69, 9.17) is 23.2 Å². The normalized spacial score (nSPS) is 27.2. The van der Waals surface area contributed by atoms with Gasteiger partial charge in [0.1, 0.15) is 5.75 Å². The van der Waals surface area contributed by atoms with Crippen molar-refractivity contribution in [3.05, 3.63) is 130 Å². The van der Waals surface area contributed by atoms with Crippen LogP contribution in [0.25, 0.3) is 0 Å². The summed E-state index contributed by atoms with van der Waals surface area (Å²) in [5.74, 6) is -6.28. The summed E-state index contributed by atoms with van der Waals surface area (Å²) in [6.45, 7) is 0. The van der Waals surface area contributed by atoms with E-state index in [0.29, 0.717) is 32.4 Å². The second-order valence-electron chi connectivity index (χ2n) is 13.3. The van der Waals surface area contributed by atoms with Crippen molar-refractivity contribution in [2.45, 2.75) is 24.2 Å². The lowest BCUT2D eigenvalue weighted by Crippen LogP contribution is -2.53. The van der Waals surface area contributed by atoms with E-state index in [1.54, 1.807) is 60.7 Å². The topological polar surface area (TPSA) is 135 Å². The molecule has 6 atom stereocenters. The molecule has 0 aromatic heterocycles. The molecule has 0 unspecified atom stereocenters. The molecule has 2 aliphatic carbocycles. The number of rotatable bonds is 5. The van der Waals surface area contributed by atoms with E-state index in [9.17, 15) is 29.5 Å². The van der Waals surface area contributed by atoms with Gasteiger partial charge >= 0.3 is 7.12 Å². The molecule has 12 heteroatoms. The van der Waals surface area contributed by atoms with Crippen LogP contribution >= 0.6 is 23.2 Å². The summed E-state index contributed by atoms with van der Waals surface area (Å²) in [5, 5.41) is 31.7. The number of phenols is 1. The van der Waals surface area contributed by atoms with E-state index in [1.165, 1.54) is 30.3 Å². The zero-order valence-electron chi connectivity index (χ0n) is 26.3. The zero-order chi connectivity index (χ0) is 35.1. The number of nitrogens with zero attached hydrogens (tertiary/aromatic N) is 2. The Morgan fingerprint density at radius 1 is 0.720 bits per heavy atom. The van der Waals surface area contributed by atoms with Crippen LogP contribution in [-0.2, 0) is 24.6 Å². The largest absolute Gasteiger partial charge is 0.508 e. The van der Waals surface area contributed by atoms with Crippen molar-refractivity contribution in [3.63, 3.8) is 0 Å². The molecule has 0 spiro atoms. The summed E-state index contributed by atoms with van der Waals surface area (Å²) in [4.78, 5) is 60.8. The van der Waals surface area contributed by atoms with E-state index >= 15 is 4.79 Å². The van der Waals surface area contributed by atoms with E-state index in [1.807, 2.05) is 12.1 Å². The average molecular weight is 707 g/mol. The van der Waals surface area contributed by atoms with Crippen molar-refractivity contribution in [1.82, 2.24) is 0 Å². The molecular weight excluding hydrogens is 678 g/mol. The lowest BCUT2D eigenvalue weighted by Gasteiger charge is -2.50. The SMILES string of the molecule is O=C1[C@H]2[C@H](CC=C3[C@H]2C[C@H]2C(=O)N(c4cccc(Cl)c4)C(=O)[C@@]2(c2ccccc2)[C@H]3c2cc(Cl)ccc2O)C(=O)N1c1cccc(B(O)O)c1. The van der Waals surface area contributed by atoms with Crippen LogP contribution in [0.2, 0.25) is 10.0 Å². The first-order chi connectivity index (χ1) is 24.0. The minimum Gasteiger partial charge on any atom is -0.508 e. The van der Waals surface area contributed by atoms with E-state index < -0.39 is 65.8 Å². The highest BCUT2D eigenvalue weighted by Crippen LogP contribution is 2.65. The first kappa shape index (κ1) is 32.5. The number of benzene rings is 4. The number of carbonyl (C=O) groups is 4. The standard InChI is InChI=1S/C38H29BCl2N2O7/c40-22-9-5-11-25(17-22)43-35(46)30-19-28-26(13-14-27-32(28)36(47)42(34(27)45)24-10-4-8-21(16-24)39(49)50)33(29-18-23(41)12-15-31(29)44)38(30,37(43)48)20-6-2-1-3-7-20/h1-13,15-18,27-28,30,32-33,44,49-50H,14,19H2/t27-,28+,30-,32-,33+,38+/m0/s1. The number of allylic oxidation sites excluding steroid dienone is 2. The van der Waals surface area contributed by atoms with Crippen molar-refractivity contribution in [3.8, 4) is 5.75 Å². The van der Waals surface area contributed by atoms with Gasteiger partial charge in [0, 0.05) is 21.5 Å². The van der Waals surface area contributed by atoms with Gasteiger partial charge in [-0.2, -0.15) is 0 Å². The smallest absolute Gasteiger partial charge is 0.488 e. The molecule has 8 rings (SSSR count). The molecule has 2 heterocycles. The Kier molecular flexibility index (Phi) is 7.76. The molecule has 2 aliphatic heterocycles. The Hall–Kier alpha value is -4.74. The summed E-state index contributed by atoms with van der Waals surface area (Å²) in [6, 6.07) is 26.0. The Morgan fingerprint density at radius 2 is 1.42 bits per heavy atom. The van der Waals surface area contributed by atoms with Crippen LogP contribution in [0.15, 0.2) is 109 Å². The summed E-state index contributed by atoms with van der Waals surface area (Å²) in [5.41, 5.74) is 0.621. The predicted octanol–water partition coefficient (Wildman–Crippen LogP) is 4.75. The number of phenolic OH excluding ortho intramolecular Hbond substituents is 1. The lowest BCUT2D eigenvalue weighted by atomic mass is 9.49. The first-order valence-electron chi connectivity index (χ1n) is 16.3. The Bertz CT molecular complexity index is 2140. The van der Waals surface area contributed by atoms with E-state index in [0.717, 1.165) is 9.80 Å². The summed E-state index contributed by atoms with van der Waals surface area (Å²) >= 11 is 12.9. The third-order valence-corrected chi connectivity index (χ3v) is 11.4. The van der Waals surface area contributed by atoms with Gasteiger partial charge in [0.05, 0.1) is 34.5 Å². The number of anilines is 2. The minimum absolute atomic E-state index is 0.0730. The van der Waals surface area contributed by atoms with Gasteiger partial charge in [-0.1, -0.05) is 83.4 Å². The fourth-order valence-corrected chi connectivity index (χ4v) is 9.29. The second kappa shape index (κ2) is 12.0. The maximum atomic E-state index is 15.3. The molecule has 1 saturated carbocycles. The molecule has 3 N–H and O–H groups in total. The number of fused-ring (bicyclic) bond motifs is 4. The van der Waals surface area contributed by atoms with Gasteiger partial charge in [0.2, 0.25) is 23.6 Å². The van der Waals surface area contributed by atoms with Gasteiger partial charge in [-0.3, -0.25) is 24.1 Å². The summed E-state index contributed by atoms with van der Waals surface area (Å²) in [6.07, 6.45) is 2.14. The van der Waals surface area contributed by atoms with Gasteiger partial charge in [-0.05, 0) is 78.3 Å². The van der Waals surface area contributed by atoms with Crippen molar-refractivity contribution < 1.29 is 34.3 Å². The number of carbonyl (C=O) groups excluding carboxylic acids is 4. The monoisotopic (exact) mass is 706 g/mol. The molecule has 250 valence electrons. The molecule has 9 nitrogen and oxygen atoms in total. The Morgan fingerprint density at radius 3 is 2.14 bits per heavy atom. The van der Waals surface area contributed by atoms with Crippen LogP contribution in [0.4, 0.5) is 11.4 Å². The molecule has 4 aromatic rings. The van der Waals surface area contributed by atoms with Crippen LogP contribution in [-0.4, -0.2) is 45.9 Å². The minimum atomic E-state index is -1.80. The highest BCUT2D eigenvalue weighted by atomic mass is 35.5. The predicted molar refractivity (Wildman–Crippen MR) is 188 cm³/mol. The molecule has 4 amide bonds. The number of imide groups is 2. The van der Waals surface area contributed by atoms with Gasteiger partial charge in [-0.15, -0.1) is 0 Å². The average Bonchev–Trinajstić information content (AvgIpc) is 3.50. The highest BCUT2D eigenvalue weighted by molar-refractivity contribution is 6.58. The molecule has 4 aromatic carbocycles. The second-order valence-corrected chi connectivity index (χ2v) is 14.2. The van der Waals surface area contributed by atoms with Crippen LogP contribution in [0, 0.1) is 23.7 Å². The third kappa shape index (κ3) is 4.63. The van der Waals surface area contributed by atoms with Gasteiger partial charge in [0.15, 0.2) is 0 Å². The zero-order valence-corrected chi connectivity index (χ0v) is 27.8. The van der Waals surface area contributed by atoms with Crippen LogP contribution in [0.3, 0.4) is 0 Å². The van der Waals surface area contributed by atoms with Crippen molar-refractivity contribution in [2.24, 2.45) is 23.7 Å². The molecule has 0 bridgehead atoms. The highest BCUT2D eigenvalue weighted by Gasteiger charge is 2.70. The number of hydrogen-bond donors (Lipinski definition) is 3. The Labute approximate surface area is 297 Å². The van der Waals surface area contributed by atoms with Crippen molar-refractivity contribution in [2.75, 3.05) is 9.80 Å². The number of hydrogen-bond acceptors (Lipinski definition) is 7. The number of aromatic hydroxyl groups is 1. The van der Waals surface area contributed by atoms with Crippen LogP contribution < -0.4 is 15.3 Å². The van der Waals surface area contributed by atoms with Crippen molar-refractivity contribution >= 4 is 70.8 Å². The molecule has 0 radical (unpaired) electrons. The van der Waals surface area contributed by atoms with Gasteiger partial charge in [-0.25, -0.2) is 4.90 Å². The first-order valence-corrected chi connectivity index (χ1v) is 17.0. The van der Waals surface area contributed by atoms with Gasteiger partial charge < -0.3 is 15.2 Å². The van der Waals surface area contributed by atoms with E-state index in [2.05, 4.69) is 0 Å². The summed E-state index contributed by atoms with van der Waals surface area (Å²) in [7, 11) is -1.80. The third-order valence-electron chi connectivity index (χ3n) is 10.9. The lowest BCUT2D eigenvalue weighted by molar-refractivity contribution is -0.127. The Balaban J connectivity index is 1.35. The van der Waals surface area contributed by atoms with E-state index in [-0.39, 0.29) is 29.7 Å². The quantitative estimate of drug-likeness (QED) is 0.155. The van der Waals surface area contributed by atoms with Gasteiger partial charge in [0.25, 0.3) is 0 Å². The summed E-state index contributed by atoms with van der Waals surface area (Å²) < 4.78 is 0. The fraction of sp³-hybridized carbons (Fsp3) is 0.211. The van der Waals surface area contributed by atoms with Crippen LogP contribution in [0.1, 0.15) is 29.9 Å². The maximum Gasteiger partial charge on any atom is 0.488 e. The fourth-order valence-electron chi connectivity index (χ4n) is 8.92. The number of amides is 4. The maximum absolute atomic E-state index is 15.3. The molecule has 4 aliphatic rings. The molecule has 50 heavy (non-hydrogen) atoms. The molecule has 2 saturated heterocycles. The number of halogens is 2. The van der Waals surface area contributed by atoms with Crippen LogP contribution in [0.5, 0.6) is 5.75 Å².